The highest BCUT2D eigenvalue weighted by Crippen LogP contribution is 2.57. The van der Waals surface area contributed by atoms with Crippen molar-refractivity contribution in [2.24, 2.45) is 0 Å². The minimum atomic E-state index is -5.92. The normalized spacial score (nSPS) is 24.8. The summed E-state index contributed by atoms with van der Waals surface area (Å²) in [5, 5.41) is 38.7. The molecule has 534 valence electrons. The van der Waals surface area contributed by atoms with E-state index in [4.69, 9.17) is 23.3 Å². The molecule has 6 N–H and O–H groups in total. The van der Waals surface area contributed by atoms with Crippen molar-refractivity contribution >= 4 is 33.4 Å². The second kappa shape index (κ2) is 46.0. The van der Waals surface area contributed by atoms with Crippen LogP contribution >= 0.6 is 15.6 Å². The van der Waals surface area contributed by atoms with E-state index >= 15 is 0 Å². The molecule has 94 heavy (non-hydrogen) atoms. The molecule has 2 heterocycles. The fraction of sp³-hybridized carbons (Fsp3) is 0.658. The van der Waals surface area contributed by atoms with Crippen molar-refractivity contribution in [1.82, 2.24) is 16.0 Å². The summed E-state index contributed by atoms with van der Waals surface area (Å²) >= 11 is 0. The van der Waals surface area contributed by atoms with Crippen molar-refractivity contribution < 1.29 is 76.2 Å². The van der Waals surface area contributed by atoms with E-state index in [1.165, 1.54) is 68.7 Å². The maximum Gasteiger partial charge on any atom is 0.276 e. The zero-order valence-electron chi connectivity index (χ0n) is 59.7. The molecule has 0 aliphatic carbocycles. The largest absolute Gasteiger partial charge is 0.756 e. The van der Waals surface area contributed by atoms with Crippen LogP contribution in [0.1, 0.15) is 239 Å². The van der Waals surface area contributed by atoms with Gasteiger partial charge in [0, 0.05) is 20.8 Å². The predicted octanol–water partition coefficient (Wildman–Crippen LogP) is 14.3. The van der Waals surface area contributed by atoms with Crippen molar-refractivity contribution in [3.05, 3.63) is 128 Å². The molecule has 2 saturated heterocycles. The van der Waals surface area contributed by atoms with Crippen molar-refractivity contribution in [3.63, 3.8) is 0 Å². The zero-order valence-corrected chi connectivity index (χ0v) is 61.5. The van der Waals surface area contributed by atoms with Crippen LogP contribution in [0.3, 0.4) is 0 Å². The number of phosphoric acid groups is 2. The number of rotatable bonds is 43. The van der Waals surface area contributed by atoms with Gasteiger partial charge < -0.3 is 59.8 Å². The summed E-state index contributed by atoms with van der Waals surface area (Å²) in [6.45, 7) is 29.5. The van der Waals surface area contributed by atoms with Gasteiger partial charge in [0.05, 0.1) is 25.4 Å². The Morgan fingerprint density at radius 3 is 1.05 bits per heavy atom. The molecule has 0 aromatic heterocycles. The van der Waals surface area contributed by atoms with Gasteiger partial charge in [0.1, 0.15) is 36.5 Å². The highest BCUT2D eigenvalue weighted by Gasteiger charge is 2.53. The van der Waals surface area contributed by atoms with E-state index in [0.29, 0.717) is 12.8 Å². The Kier molecular flexibility index (Phi) is 41.9. The van der Waals surface area contributed by atoms with E-state index in [1.807, 2.05) is 0 Å². The molecule has 2 aliphatic rings. The van der Waals surface area contributed by atoms with E-state index in [0.717, 1.165) is 142 Å². The summed E-state index contributed by atoms with van der Waals surface area (Å²) < 4.78 is 58.0. The molecule has 0 aromatic carbocycles. The Hall–Kier alpha value is -4.43. The van der Waals surface area contributed by atoms with Gasteiger partial charge in [-0.2, -0.15) is 0 Å². The first kappa shape index (κ1) is 85.7. The van der Waals surface area contributed by atoms with Crippen LogP contribution in [0, 0.1) is 0 Å². The third-order valence-corrected chi connectivity index (χ3v) is 19.1. The van der Waals surface area contributed by atoms with E-state index in [9.17, 15) is 48.6 Å². The topological polar surface area (TPSA) is 284 Å². The summed E-state index contributed by atoms with van der Waals surface area (Å²) in [5.74, 6) is -2.09. The Labute approximate surface area is 564 Å². The van der Waals surface area contributed by atoms with Crippen molar-refractivity contribution in [2.75, 3.05) is 13.2 Å². The molecule has 2 rings (SSSR count). The van der Waals surface area contributed by atoms with Gasteiger partial charge in [0.15, 0.2) is 12.6 Å². The quantitative estimate of drug-likeness (QED) is 0.0244. The zero-order chi connectivity index (χ0) is 70.6. The van der Waals surface area contributed by atoms with Gasteiger partial charge in [-0.1, -0.05) is 128 Å². The Bertz CT molecular complexity index is 2820. The predicted molar refractivity (Wildman–Crippen MR) is 372 cm³/mol. The maximum atomic E-state index is 13.2. The number of hydrogen-bond donors (Lipinski definition) is 6. The van der Waals surface area contributed by atoms with Gasteiger partial charge in [-0.05, 0) is 218 Å². The SMILES string of the molecule is CC(=O)N[C@H]1[C@@H](O[C@@H]2[C@@H](NC(C)=O)[C@@H](OP(=O)([O-])OP(=O)([O-])OC/C=C(/C)CC/C=C(/C)CC/C=C(/C)CC/C=C(/C)CC/C=C(/C)CC/C=C(/C)CC/C=C(/C)CC/C=C(\C)CC/C=C(\C)CC/C=C(\C)CCC=C(C)C)O[C@H](C)[C@H]2NC(C)=O)O[C@H](CO)[C@H](O)[C@@H]1O. The molecule has 0 bridgehead atoms. The Morgan fingerprint density at radius 1 is 0.426 bits per heavy atom. The maximum absolute atomic E-state index is 13.2. The van der Waals surface area contributed by atoms with Gasteiger partial charge in [-0.3, -0.25) is 28.0 Å². The van der Waals surface area contributed by atoms with Crippen LogP contribution in [-0.2, 0) is 51.1 Å². The second-order valence-electron chi connectivity index (χ2n) is 26.2. The molecule has 21 heteroatoms. The number of amides is 3. The van der Waals surface area contributed by atoms with Crippen LogP contribution in [0.2, 0.25) is 0 Å². The molecule has 19 nitrogen and oxygen atoms in total. The Balaban J connectivity index is 1.76. The minimum Gasteiger partial charge on any atom is -0.756 e. The molecule has 0 saturated carbocycles. The van der Waals surface area contributed by atoms with Crippen LogP contribution < -0.4 is 25.7 Å². The number of nitrogens with one attached hydrogen (secondary N) is 3. The van der Waals surface area contributed by atoms with Crippen LogP contribution in [0.4, 0.5) is 0 Å². The minimum absolute atomic E-state index is 0.552. The summed E-state index contributed by atoms with van der Waals surface area (Å²) in [5.41, 5.74) is 15.1. The number of carbonyl (C=O) groups excluding carboxylic acids is 3. The van der Waals surface area contributed by atoms with E-state index < -0.39 is 108 Å². The number of hydrogen-bond acceptors (Lipinski definition) is 16. The number of aliphatic hydroxyl groups excluding tert-OH is 3. The van der Waals surface area contributed by atoms with Gasteiger partial charge in [0.2, 0.25) is 17.7 Å². The van der Waals surface area contributed by atoms with Crippen LogP contribution in [0.15, 0.2) is 128 Å². The summed E-state index contributed by atoms with van der Waals surface area (Å²) in [7, 11) is -11.5. The molecule has 3 amide bonds. The smallest absolute Gasteiger partial charge is 0.276 e. The molecule has 2 fully saturated rings. The molecule has 12 atom stereocenters. The highest BCUT2D eigenvalue weighted by molar-refractivity contribution is 7.59. The second-order valence-corrected chi connectivity index (χ2v) is 29.2. The standard InChI is InChI=1S/C73H121N3O16P2/c1-50(2)27-17-28-51(3)29-18-30-52(4)31-19-32-53(5)33-20-34-54(6)35-21-36-55(7)37-22-38-56(8)39-23-40-57(9)41-24-42-58(10)43-25-44-59(11)45-26-46-60(12)47-48-87-93(83,84)92-94(85,86)91-73-68(76-64(16)80)71(66(61(13)88-73)74-62(14)78)90-72-67(75-63(15)79)70(82)69(81)65(49-77)89-72/h27,29,31,33,35,37,39,41,43,45,47,61,65-73,77,81-82H,17-26,28,30,32,34,36,38,40,42,44,46,48-49H2,1-16H3,(H,74,78)(H,75,79)(H,76,80)(H,83,84)(H,85,86)/p-2/b51-29+,52-31+,53-33+,54-35-,55-37-,56-39-,57-41-,58-43-,59-45-,60-47-/t61-,65-,66-,67-,68-,69+,70-,71+,72-,73-/m1/s1. The summed E-state index contributed by atoms with van der Waals surface area (Å²) in [6.07, 6.45) is 34.4. The van der Waals surface area contributed by atoms with Crippen molar-refractivity contribution in [1.29, 1.82) is 0 Å². The number of ether oxygens (including phenoxy) is 3. The first-order valence-corrected chi connectivity index (χ1v) is 36.7. The average molecular weight is 1360 g/mol. The number of allylic oxidation sites excluding steroid dienone is 21. The fourth-order valence-electron chi connectivity index (χ4n) is 10.9. The number of phosphoric ester groups is 2. The fourth-order valence-corrected chi connectivity index (χ4v) is 12.9. The molecular formula is C73H119N3O16P2-2. The lowest BCUT2D eigenvalue weighted by Crippen LogP contribution is -2.71. The lowest BCUT2D eigenvalue weighted by atomic mass is 9.93. The summed E-state index contributed by atoms with van der Waals surface area (Å²) in [6, 6.07) is -4.41. The van der Waals surface area contributed by atoms with Gasteiger partial charge in [0.25, 0.3) is 15.6 Å². The molecule has 2 unspecified atom stereocenters. The highest BCUT2D eigenvalue weighted by atomic mass is 31.3. The van der Waals surface area contributed by atoms with Crippen LogP contribution in [-0.4, -0.2) is 107 Å². The van der Waals surface area contributed by atoms with Gasteiger partial charge in [-0.15, -0.1) is 0 Å². The molecular weight excluding hydrogens is 1240 g/mol. The van der Waals surface area contributed by atoms with Crippen molar-refractivity contribution in [3.8, 4) is 0 Å². The first-order valence-electron chi connectivity index (χ1n) is 33.8. The molecule has 0 aromatic rings. The molecule has 0 spiro atoms. The lowest BCUT2D eigenvalue weighted by molar-refractivity contribution is -0.311. The third-order valence-electron chi connectivity index (χ3n) is 16.6. The first-order chi connectivity index (χ1) is 44.2. The number of carbonyl (C=O) groups is 3. The Morgan fingerprint density at radius 2 is 0.734 bits per heavy atom. The van der Waals surface area contributed by atoms with Crippen LogP contribution in [0.5, 0.6) is 0 Å². The average Bonchev–Trinajstić information content (AvgIpc) is 0.775. The molecule has 0 radical (unpaired) electrons. The lowest BCUT2D eigenvalue weighted by Gasteiger charge is -2.49. The van der Waals surface area contributed by atoms with Crippen molar-refractivity contribution in [2.45, 2.75) is 300 Å². The van der Waals surface area contributed by atoms with Gasteiger partial charge in [-0.25, -0.2) is 4.31 Å². The van der Waals surface area contributed by atoms with Gasteiger partial charge >= 0.3 is 0 Å². The monoisotopic (exact) mass is 1360 g/mol. The third kappa shape index (κ3) is 37.9. The van der Waals surface area contributed by atoms with E-state index in [2.05, 4.69) is 157 Å². The van der Waals surface area contributed by atoms with E-state index in [-0.39, 0.29) is 0 Å². The van der Waals surface area contributed by atoms with Crippen LogP contribution in [0.25, 0.3) is 0 Å². The molecule has 2 aliphatic heterocycles. The number of aliphatic hydroxyl groups is 3. The van der Waals surface area contributed by atoms with E-state index in [1.54, 1.807) is 6.92 Å². The summed E-state index contributed by atoms with van der Waals surface area (Å²) in [4.78, 5) is 63.1.